The number of para-hydroxylation sites is 1. The number of carbonyl (C=O) groups is 1. The van der Waals surface area contributed by atoms with E-state index in [0.717, 1.165) is 42.1 Å². The topological polar surface area (TPSA) is 63.2 Å². The fraction of sp³-hybridized carbons (Fsp3) is 0.348. The molecule has 2 aliphatic carbocycles. The van der Waals surface area contributed by atoms with Crippen molar-refractivity contribution in [3.05, 3.63) is 65.6 Å². The van der Waals surface area contributed by atoms with E-state index in [-0.39, 0.29) is 5.78 Å². The van der Waals surface area contributed by atoms with Gasteiger partial charge in [-0.15, -0.1) is 0 Å². The Kier molecular flexibility index (Phi) is 6.20. The fourth-order valence-electron chi connectivity index (χ4n) is 3.38. The van der Waals surface area contributed by atoms with Crippen molar-refractivity contribution in [2.24, 2.45) is 5.92 Å². The molecule has 1 aromatic heterocycles. The number of anilines is 1. The zero-order valence-corrected chi connectivity index (χ0v) is 17.1. The fourth-order valence-corrected chi connectivity index (χ4v) is 3.73. The Bertz CT molecular complexity index is 923. The van der Waals surface area contributed by atoms with Crippen LogP contribution in [0.2, 0.25) is 0 Å². The summed E-state index contributed by atoms with van der Waals surface area (Å²) >= 11 is 5.58. The highest BCUT2D eigenvalue weighted by Crippen LogP contribution is 2.30. The second-order valence-corrected chi connectivity index (χ2v) is 7.95. The van der Waals surface area contributed by atoms with Crippen LogP contribution in [0.1, 0.15) is 37.7 Å². The minimum atomic E-state index is 0.0899. The predicted octanol–water partition coefficient (Wildman–Crippen LogP) is 4.41. The minimum absolute atomic E-state index is 0.0899. The Labute approximate surface area is 176 Å². The molecular formula is C23H25N3O2S. The van der Waals surface area contributed by atoms with Crippen LogP contribution in [0.15, 0.2) is 60.1 Å². The SMILES string of the molecule is O=C1CCCC(NCc2ccncc2OCC2CC2)=C1C(=S)Nc1ccccc1. The Hall–Kier alpha value is -2.73. The van der Waals surface area contributed by atoms with E-state index in [1.54, 1.807) is 12.4 Å². The lowest BCUT2D eigenvalue weighted by atomic mass is 9.94. The van der Waals surface area contributed by atoms with Crippen molar-refractivity contribution >= 4 is 28.7 Å². The summed E-state index contributed by atoms with van der Waals surface area (Å²) in [6, 6.07) is 11.7. The van der Waals surface area contributed by atoms with Crippen molar-refractivity contribution in [1.82, 2.24) is 10.3 Å². The summed E-state index contributed by atoms with van der Waals surface area (Å²) in [5.41, 5.74) is 3.42. The quantitative estimate of drug-likeness (QED) is 0.632. The highest BCUT2D eigenvalue weighted by molar-refractivity contribution is 7.81. The zero-order chi connectivity index (χ0) is 20.1. The Balaban J connectivity index is 1.48. The van der Waals surface area contributed by atoms with Crippen LogP contribution < -0.4 is 15.4 Å². The van der Waals surface area contributed by atoms with Crippen LogP contribution in [-0.2, 0) is 11.3 Å². The summed E-state index contributed by atoms with van der Waals surface area (Å²) in [5, 5.41) is 6.65. The van der Waals surface area contributed by atoms with Gasteiger partial charge in [0.2, 0.25) is 0 Å². The number of allylic oxidation sites excluding steroid dienone is 1. The van der Waals surface area contributed by atoms with Crippen molar-refractivity contribution in [3.8, 4) is 5.75 Å². The van der Waals surface area contributed by atoms with Gasteiger partial charge in [-0.05, 0) is 49.8 Å². The lowest BCUT2D eigenvalue weighted by Gasteiger charge is -2.22. The number of nitrogens with zero attached hydrogens (tertiary/aromatic N) is 1. The third kappa shape index (κ3) is 5.21. The first-order chi connectivity index (χ1) is 14.2. The summed E-state index contributed by atoms with van der Waals surface area (Å²) < 4.78 is 5.95. The van der Waals surface area contributed by atoms with Crippen LogP contribution in [0.4, 0.5) is 5.69 Å². The van der Waals surface area contributed by atoms with Gasteiger partial charge in [-0.3, -0.25) is 9.78 Å². The standard InChI is InChI=1S/C23H25N3O2S/c27-20-8-4-7-19(22(20)23(29)26-18-5-2-1-3-6-18)25-13-17-11-12-24-14-21(17)28-15-16-9-10-16/h1-3,5-6,11-12,14,16,25H,4,7-10,13,15H2,(H,26,29). The molecule has 4 rings (SSSR count). The van der Waals surface area contributed by atoms with E-state index in [4.69, 9.17) is 17.0 Å². The lowest BCUT2D eigenvalue weighted by Crippen LogP contribution is -2.29. The van der Waals surface area contributed by atoms with Crippen molar-refractivity contribution in [3.63, 3.8) is 0 Å². The maximum absolute atomic E-state index is 12.6. The van der Waals surface area contributed by atoms with Gasteiger partial charge in [0.15, 0.2) is 5.78 Å². The van der Waals surface area contributed by atoms with Crippen molar-refractivity contribution in [1.29, 1.82) is 0 Å². The normalized spacial score (nSPS) is 16.5. The van der Waals surface area contributed by atoms with E-state index in [1.807, 2.05) is 36.4 Å². The molecule has 0 unspecified atom stereocenters. The van der Waals surface area contributed by atoms with Crippen LogP contribution >= 0.6 is 12.2 Å². The van der Waals surface area contributed by atoms with E-state index in [1.165, 1.54) is 12.8 Å². The molecule has 2 aromatic rings. The number of hydrogen-bond acceptors (Lipinski definition) is 5. The first-order valence-electron chi connectivity index (χ1n) is 10.1. The number of ether oxygens (including phenoxy) is 1. The molecule has 0 bridgehead atoms. The van der Waals surface area contributed by atoms with Gasteiger partial charge in [0, 0.05) is 36.1 Å². The third-order valence-corrected chi connectivity index (χ3v) is 5.51. The van der Waals surface area contributed by atoms with Gasteiger partial charge in [-0.2, -0.15) is 0 Å². The molecule has 5 nitrogen and oxygen atoms in total. The molecule has 0 atom stereocenters. The lowest BCUT2D eigenvalue weighted by molar-refractivity contribution is -0.115. The number of rotatable bonds is 8. The highest BCUT2D eigenvalue weighted by atomic mass is 32.1. The predicted molar refractivity (Wildman–Crippen MR) is 118 cm³/mol. The average Bonchev–Trinajstić information content (AvgIpc) is 3.56. The molecule has 2 N–H and O–H groups in total. The molecule has 6 heteroatoms. The monoisotopic (exact) mass is 407 g/mol. The maximum atomic E-state index is 12.6. The van der Waals surface area contributed by atoms with Crippen LogP contribution in [-0.4, -0.2) is 22.4 Å². The van der Waals surface area contributed by atoms with Crippen LogP contribution in [0.25, 0.3) is 0 Å². The number of aromatic nitrogens is 1. The van der Waals surface area contributed by atoms with Gasteiger partial charge in [0.25, 0.3) is 0 Å². The third-order valence-electron chi connectivity index (χ3n) is 5.20. The van der Waals surface area contributed by atoms with Crippen LogP contribution in [0, 0.1) is 5.92 Å². The van der Waals surface area contributed by atoms with E-state index < -0.39 is 0 Å². The van der Waals surface area contributed by atoms with E-state index in [2.05, 4.69) is 15.6 Å². The molecule has 0 spiro atoms. The molecule has 1 saturated carbocycles. The molecule has 2 aliphatic rings. The molecule has 0 aliphatic heterocycles. The first kappa shape index (κ1) is 19.6. The largest absolute Gasteiger partial charge is 0.491 e. The van der Waals surface area contributed by atoms with Gasteiger partial charge in [0.05, 0.1) is 18.4 Å². The zero-order valence-electron chi connectivity index (χ0n) is 16.3. The number of ketones is 1. The average molecular weight is 408 g/mol. The van der Waals surface area contributed by atoms with Crippen molar-refractivity contribution in [2.45, 2.75) is 38.6 Å². The number of thiocarbonyl (C=S) groups is 1. The molecule has 29 heavy (non-hydrogen) atoms. The summed E-state index contributed by atoms with van der Waals surface area (Å²) in [7, 11) is 0. The maximum Gasteiger partial charge on any atom is 0.167 e. The first-order valence-corrected chi connectivity index (χ1v) is 10.5. The van der Waals surface area contributed by atoms with E-state index in [0.29, 0.717) is 29.4 Å². The molecule has 150 valence electrons. The number of pyridine rings is 1. The van der Waals surface area contributed by atoms with Gasteiger partial charge < -0.3 is 15.4 Å². The van der Waals surface area contributed by atoms with Crippen molar-refractivity contribution < 1.29 is 9.53 Å². The second kappa shape index (κ2) is 9.18. The molecule has 1 heterocycles. The summed E-state index contributed by atoms with van der Waals surface area (Å²) in [6.45, 7) is 1.32. The number of hydrogen-bond donors (Lipinski definition) is 2. The minimum Gasteiger partial charge on any atom is -0.491 e. The summed E-state index contributed by atoms with van der Waals surface area (Å²) in [6.07, 6.45) is 8.20. The number of Topliss-reactive ketones (excluding diaryl/α,β-unsaturated/α-hetero) is 1. The molecule has 0 saturated heterocycles. The van der Waals surface area contributed by atoms with E-state index >= 15 is 0 Å². The Morgan fingerprint density at radius 2 is 2.00 bits per heavy atom. The number of carbonyl (C=O) groups excluding carboxylic acids is 1. The van der Waals surface area contributed by atoms with Crippen LogP contribution in [0.3, 0.4) is 0 Å². The summed E-state index contributed by atoms with van der Waals surface area (Å²) in [4.78, 5) is 17.3. The Morgan fingerprint density at radius 3 is 2.79 bits per heavy atom. The smallest absolute Gasteiger partial charge is 0.167 e. The number of benzene rings is 1. The van der Waals surface area contributed by atoms with Gasteiger partial charge >= 0.3 is 0 Å². The molecule has 1 fully saturated rings. The number of nitrogens with one attached hydrogen (secondary N) is 2. The van der Waals surface area contributed by atoms with E-state index in [9.17, 15) is 4.79 Å². The molecule has 0 radical (unpaired) electrons. The molecule has 0 amide bonds. The molecule has 1 aromatic carbocycles. The molecular weight excluding hydrogens is 382 g/mol. The highest BCUT2D eigenvalue weighted by Gasteiger charge is 2.25. The van der Waals surface area contributed by atoms with Gasteiger partial charge in [-0.25, -0.2) is 0 Å². The van der Waals surface area contributed by atoms with Crippen LogP contribution in [0.5, 0.6) is 5.75 Å². The van der Waals surface area contributed by atoms with Gasteiger partial charge in [-0.1, -0.05) is 30.4 Å². The van der Waals surface area contributed by atoms with Gasteiger partial charge in [0.1, 0.15) is 10.7 Å². The summed E-state index contributed by atoms with van der Waals surface area (Å²) in [5.74, 6) is 1.58. The second-order valence-electron chi connectivity index (χ2n) is 7.54. The van der Waals surface area contributed by atoms with Crippen molar-refractivity contribution in [2.75, 3.05) is 11.9 Å². The Morgan fingerprint density at radius 1 is 1.17 bits per heavy atom.